The van der Waals surface area contributed by atoms with E-state index in [1.54, 1.807) is 11.3 Å². The van der Waals surface area contributed by atoms with E-state index in [0.717, 1.165) is 66.0 Å². The second-order valence-electron chi connectivity index (χ2n) is 13.5. The highest BCUT2D eigenvalue weighted by Gasteiger charge is 2.19. The van der Waals surface area contributed by atoms with Crippen molar-refractivity contribution < 1.29 is 4.42 Å². The second kappa shape index (κ2) is 12.3. The topological polar surface area (TPSA) is 64.7 Å². The zero-order chi connectivity index (χ0) is 35.6. The monoisotopic (exact) mass is 708 g/mol. The Morgan fingerprint density at radius 2 is 1.07 bits per heavy atom. The smallest absolute Gasteiger partial charge is 0.227 e. The van der Waals surface area contributed by atoms with Gasteiger partial charge < -0.3 is 4.42 Å². The van der Waals surface area contributed by atoms with Gasteiger partial charge in [0.1, 0.15) is 5.52 Å². The van der Waals surface area contributed by atoms with Crippen molar-refractivity contribution in [2.24, 2.45) is 0 Å². The van der Waals surface area contributed by atoms with Gasteiger partial charge in [0.2, 0.25) is 5.89 Å². The van der Waals surface area contributed by atoms with Crippen LogP contribution in [0.4, 0.5) is 0 Å². The molecular formula is C48H28N4OS. The molecule has 0 aliphatic heterocycles. The molecule has 0 radical (unpaired) electrons. The van der Waals surface area contributed by atoms with Crippen LogP contribution >= 0.6 is 11.3 Å². The summed E-state index contributed by atoms with van der Waals surface area (Å²) in [5, 5.41) is 6.84. The van der Waals surface area contributed by atoms with E-state index < -0.39 is 0 Å². The Balaban J connectivity index is 1.13. The Morgan fingerprint density at radius 1 is 0.389 bits per heavy atom. The van der Waals surface area contributed by atoms with E-state index in [4.69, 9.17) is 24.4 Å². The first-order valence-electron chi connectivity index (χ1n) is 17.9. The number of thiophene rings is 1. The van der Waals surface area contributed by atoms with Crippen LogP contribution < -0.4 is 0 Å². The highest BCUT2D eigenvalue weighted by Crippen LogP contribution is 2.44. The molecule has 0 aliphatic carbocycles. The van der Waals surface area contributed by atoms with Gasteiger partial charge in [0, 0.05) is 42.4 Å². The zero-order valence-electron chi connectivity index (χ0n) is 28.8. The number of rotatable bonds is 5. The third-order valence-electron chi connectivity index (χ3n) is 10.1. The van der Waals surface area contributed by atoms with Gasteiger partial charge in [0.25, 0.3) is 0 Å². The third-order valence-corrected chi connectivity index (χ3v) is 11.2. The summed E-state index contributed by atoms with van der Waals surface area (Å²) in [5.41, 5.74) is 7.65. The molecule has 54 heavy (non-hydrogen) atoms. The number of hydrogen-bond acceptors (Lipinski definition) is 6. The van der Waals surface area contributed by atoms with Crippen molar-refractivity contribution in [2.75, 3.05) is 0 Å². The molecule has 3 aromatic heterocycles. The maximum atomic E-state index is 6.35. The van der Waals surface area contributed by atoms with Crippen LogP contribution in [0.5, 0.6) is 0 Å². The highest BCUT2D eigenvalue weighted by molar-refractivity contribution is 7.26. The van der Waals surface area contributed by atoms with E-state index in [9.17, 15) is 0 Å². The van der Waals surface area contributed by atoms with Crippen LogP contribution in [0.25, 0.3) is 110 Å². The van der Waals surface area contributed by atoms with Crippen molar-refractivity contribution in [1.29, 1.82) is 0 Å². The number of aromatic nitrogens is 4. The van der Waals surface area contributed by atoms with Crippen molar-refractivity contribution in [3.05, 3.63) is 170 Å². The van der Waals surface area contributed by atoms with E-state index in [1.165, 1.54) is 20.2 Å². The van der Waals surface area contributed by atoms with Gasteiger partial charge in [-0.3, -0.25) is 0 Å². The lowest BCUT2D eigenvalue weighted by Gasteiger charge is -2.13. The van der Waals surface area contributed by atoms with Gasteiger partial charge in [-0.1, -0.05) is 121 Å². The van der Waals surface area contributed by atoms with Crippen LogP contribution in [-0.2, 0) is 0 Å². The van der Waals surface area contributed by atoms with E-state index in [2.05, 4.69) is 121 Å². The molecule has 0 N–H and O–H groups in total. The molecule has 11 aromatic rings. The maximum Gasteiger partial charge on any atom is 0.227 e. The third kappa shape index (κ3) is 5.15. The SMILES string of the molecule is c1ccc(-c2nc(-c3ccc4ccccc4c3)nc(-c3cc(-c4cccc5sc6cc7nc(-c8ccccc8)oc7cc6c45)cc4ccccc34)n2)cc1. The summed E-state index contributed by atoms with van der Waals surface area (Å²) in [4.78, 5) is 20.3. The van der Waals surface area contributed by atoms with Crippen molar-refractivity contribution in [3.63, 3.8) is 0 Å². The Kier molecular flexibility index (Phi) is 6.97. The fraction of sp³-hybridized carbons (Fsp3) is 0. The lowest BCUT2D eigenvalue weighted by molar-refractivity contribution is 0.620. The fourth-order valence-corrected chi connectivity index (χ4v) is 8.66. The second-order valence-corrected chi connectivity index (χ2v) is 14.5. The molecule has 0 amide bonds. The lowest BCUT2D eigenvalue weighted by atomic mass is 9.93. The molecule has 0 saturated carbocycles. The minimum absolute atomic E-state index is 0.627. The van der Waals surface area contributed by atoms with Crippen molar-refractivity contribution >= 4 is 64.2 Å². The summed E-state index contributed by atoms with van der Waals surface area (Å²) >= 11 is 1.78. The molecule has 0 fully saturated rings. The first-order valence-corrected chi connectivity index (χ1v) is 18.7. The standard InChI is InChI=1S/C48H28N4OS/c1-3-13-30(14-4-1)45-50-46(34-23-22-29-12-7-8-17-32(29)24-34)52-47(51-45)38-26-35(25-33-18-9-10-19-36(33)38)37-20-11-21-42-44(37)39-27-41-40(28-43(39)54-42)49-48(53-41)31-15-5-2-6-16-31/h1-28H. The van der Waals surface area contributed by atoms with Crippen molar-refractivity contribution in [1.82, 2.24) is 19.9 Å². The predicted octanol–water partition coefficient (Wildman–Crippen LogP) is 13.0. The minimum Gasteiger partial charge on any atom is -0.436 e. The van der Waals surface area contributed by atoms with Gasteiger partial charge in [-0.05, 0) is 81.2 Å². The van der Waals surface area contributed by atoms with Gasteiger partial charge in [0.05, 0.1) is 0 Å². The molecule has 252 valence electrons. The summed E-state index contributed by atoms with van der Waals surface area (Å²) < 4.78 is 8.73. The molecule has 6 heteroatoms. The Morgan fingerprint density at radius 3 is 1.91 bits per heavy atom. The van der Waals surface area contributed by atoms with Gasteiger partial charge in [-0.2, -0.15) is 0 Å². The Bertz CT molecular complexity index is 3220. The van der Waals surface area contributed by atoms with Gasteiger partial charge >= 0.3 is 0 Å². The number of hydrogen-bond donors (Lipinski definition) is 0. The minimum atomic E-state index is 0.627. The molecule has 0 saturated heterocycles. The maximum absolute atomic E-state index is 6.35. The number of oxazole rings is 1. The Labute approximate surface area is 313 Å². The molecule has 0 unspecified atom stereocenters. The fourth-order valence-electron chi connectivity index (χ4n) is 7.51. The molecule has 0 atom stereocenters. The number of nitrogens with zero attached hydrogens (tertiary/aromatic N) is 4. The zero-order valence-corrected chi connectivity index (χ0v) is 29.6. The summed E-state index contributed by atoms with van der Waals surface area (Å²) in [7, 11) is 0. The lowest BCUT2D eigenvalue weighted by Crippen LogP contribution is -2.01. The van der Waals surface area contributed by atoms with Gasteiger partial charge in [0.15, 0.2) is 23.1 Å². The quantitative estimate of drug-likeness (QED) is 0.178. The average Bonchev–Trinajstić information content (AvgIpc) is 3.83. The normalized spacial score (nSPS) is 11.7. The molecule has 0 spiro atoms. The largest absolute Gasteiger partial charge is 0.436 e. The van der Waals surface area contributed by atoms with Crippen LogP contribution in [0.1, 0.15) is 0 Å². The summed E-state index contributed by atoms with van der Waals surface area (Å²) in [6, 6.07) is 58.9. The molecular weight excluding hydrogens is 681 g/mol. The van der Waals surface area contributed by atoms with Gasteiger partial charge in [-0.15, -0.1) is 11.3 Å². The van der Waals surface area contributed by atoms with Crippen molar-refractivity contribution in [3.8, 4) is 56.7 Å². The molecule has 11 rings (SSSR count). The summed E-state index contributed by atoms with van der Waals surface area (Å²) in [6.07, 6.45) is 0. The van der Waals surface area contributed by atoms with Crippen LogP contribution in [-0.4, -0.2) is 19.9 Å². The molecule has 5 nitrogen and oxygen atoms in total. The molecule has 3 heterocycles. The summed E-state index contributed by atoms with van der Waals surface area (Å²) in [6.45, 7) is 0. The van der Waals surface area contributed by atoms with Crippen LogP contribution in [0.15, 0.2) is 174 Å². The van der Waals surface area contributed by atoms with Crippen LogP contribution in [0.2, 0.25) is 0 Å². The number of fused-ring (bicyclic) bond motifs is 6. The molecule has 0 bridgehead atoms. The molecule has 8 aromatic carbocycles. The van der Waals surface area contributed by atoms with Crippen molar-refractivity contribution in [2.45, 2.75) is 0 Å². The van der Waals surface area contributed by atoms with Gasteiger partial charge in [-0.25, -0.2) is 19.9 Å². The van der Waals surface area contributed by atoms with E-state index in [-0.39, 0.29) is 0 Å². The Hall–Kier alpha value is -7.02. The molecule has 0 aliphatic rings. The first kappa shape index (κ1) is 30.6. The van der Waals surface area contributed by atoms with E-state index in [1.807, 2.05) is 48.5 Å². The van der Waals surface area contributed by atoms with E-state index in [0.29, 0.717) is 23.4 Å². The van der Waals surface area contributed by atoms with Crippen LogP contribution in [0, 0.1) is 0 Å². The van der Waals surface area contributed by atoms with Crippen LogP contribution in [0.3, 0.4) is 0 Å². The predicted molar refractivity (Wildman–Crippen MR) is 222 cm³/mol. The highest BCUT2D eigenvalue weighted by atomic mass is 32.1. The first-order chi connectivity index (χ1) is 26.7. The number of benzene rings is 8. The summed E-state index contributed by atoms with van der Waals surface area (Å²) in [5.74, 6) is 2.53. The average molecular weight is 709 g/mol. The van der Waals surface area contributed by atoms with E-state index >= 15 is 0 Å².